The van der Waals surface area contributed by atoms with Gasteiger partial charge in [-0.25, -0.2) is 0 Å². The second-order valence-electron chi connectivity index (χ2n) is 23.7. The van der Waals surface area contributed by atoms with Crippen LogP contribution in [0.3, 0.4) is 0 Å². The van der Waals surface area contributed by atoms with Crippen LogP contribution in [-0.2, 0) is 35.3 Å². The number of rotatable bonds is 35. The van der Waals surface area contributed by atoms with E-state index in [0.29, 0.717) is 93.6 Å². The van der Waals surface area contributed by atoms with Gasteiger partial charge in [-0.2, -0.15) is 0 Å². The second-order valence-corrected chi connectivity index (χ2v) is 23.7. The SMILES string of the molecule is CC(CO)Cc1ccccc1.CCC(C)C(C)CO.CCC(C)CO.CCCC(C)CO.CCCC(C)CO.CCCCC(C)CO.CCCCOCCO.CCCCc1cccc(CO)c1.CCCOCCCO.Cc1ccc(CC(C)CO)cc1. The van der Waals surface area contributed by atoms with Crippen LogP contribution < -0.4 is 0 Å². The van der Waals surface area contributed by atoms with Gasteiger partial charge in [-0.3, -0.25) is 0 Å². The highest BCUT2D eigenvalue weighted by Crippen LogP contribution is 2.13. The number of ether oxygens (including phenoxy) is 2. The molecule has 3 aromatic rings. The zero-order valence-corrected chi connectivity index (χ0v) is 59.5. The van der Waals surface area contributed by atoms with Gasteiger partial charge in [0.2, 0.25) is 0 Å². The van der Waals surface area contributed by atoms with Crippen LogP contribution in [-0.4, -0.2) is 137 Å². The van der Waals surface area contributed by atoms with Gasteiger partial charge in [-0.1, -0.05) is 247 Å². The van der Waals surface area contributed by atoms with Gasteiger partial charge < -0.3 is 60.5 Å². The van der Waals surface area contributed by atoms with E-state index < -0.39 is 0 Å². The summed E-state index contributed by atoms with van der Waals surface area (Å²) in [6.07, 6.45) is 20.2. The fourth-order valence-corrected chi connectivity index (χ4v) is 6.89. The van der Waals surface area contributed by atoms with Gasteiger partial charge in [0.05, 0.1) is 19.8 Å². The van der Waals surface area contributed by atoms with Crippen molar-refractivity contribution in [3.05, 3.63) is 107 Å². The van der Waals surface area contributed by atoms with Gasteiger partial charge in [0, 0.05) is 72.7 Å². The standard InChI is InChI=1S/2C11H16O.C10H14O.2C7H16O.2C6H14O2.2C6H14O.C5H12O/c1-9-3-5-11(6-4-9)7-10(2)8-12;1-2-3-5-10-6-4-7-11(8-10)9-12;1-9(8-11)7-10-5-3-2-4-6-10;1-4-6(2)7(3)5-8;1-3-4-5-7(2)6-8;1-2-5-8-6-3-4-7;1-2-3-5-8-6-4-7;2*1-3-4-6(2)5-7;1-3-5(2)4-6/h3-6,10,12H,7-8H2,1-2H3;4,6-8,12H,2-3,5,9H2,1H3;2-6,9,11H,7-8H2,1H3;6-8H,4-5H2,1-3H3;7-8H,3-6H2,1-2H3;2*7H,2-6H2,1H3;2*6-7H,3-5H2,1-2H3;5-6H,3-4H2,1-2H3. The molecule has 518 valence electrons. The van der Waals surface area contributed by atoms with E-state index in [1.165, 1.54) is 73.6 Å². The molecule has 0 radical (unpaired) electrons. The lowest BCUT2D eigenvalue weighted by Crippen LogP contribution is -2.10. The summed E-state index contributed by atoms with van der Waals surface area (Å²) in [7, 11) is 0. The Balaban J connectivity index is -0.000000165. The molecule has 0 fully saturated rings. The molecule has 12 nitrogen and oxygen atoms in total. The van der Waals surface area contributed by atoms with Crippen LogP contribution in [0.2, 0.25) is 0 Å². The molecule has 87 heavy (non-hydrogen) atoms. The molecule has 0 aliphatic heterocycles. The third kappa shape index (κ3) is 83.2. The lowest BCUT2D eigenvalue weighted by molar-refractivity contribution is 0.0904. The molecule has 0 amide bonds. The maximum absolute atomic E-state index is 8.89. The highest BCUT2D eigenvalue weighted by molar-refractivity contribution is 5.23. The van der Waals surface area contributed by atoms with Crippen LogP contribution in [0.25, 0.3) is 0 Å². The van der Waals surface area contributed by atoms with Crippen molar-refractivity contribution >= 4 is 0 Å². The molecule has 0 bridgehead atoms. The Hall–Kier alpha value is -2.82. The molecule has 0 aliphatic rings. The Morgan fingerprint density at radius 1 is 0.333 bits per heavy atom. The van der Waals surface area contributed by atoms with Crippen molar-refractivity contribution in [1.82, 2.24) is 0 Å². The smallest absolute Gasteiger partial charge is 0.0697 e. The Bertz CT molecular complexity index is 1590. The lowest BCUT2D eigenvalue weighted by atomic mass is 9.95. The fourth-order valence-electron chi connectivity index (χ4n) is 6.89. The molecule has 0 aromatic heterocycles. The highest BCUT2D eigenvalue weighted by Gasteiger charge is 2.07. The summed E-state index contributed by atoms with van der Waals surface area (Å²) in [6, 6.07) is 26.9. The van der Waals surface area contributed by atoms with Crippen LogP contribution in [0.15, 0.2) is 78.9 Å². The Morgan fingerprint density at radius 2 is 0.770 bits per heavy atom. The summed E-state index contributed by atoms with van der Waals surface area (Å²) in [5, 5.41) is 85.5. The van der Waals surface area contributed by atoms with Crippen LogP contribution >= 0.6 is 0 Å². The van der Waals surface area contributed by atoms with Gasteiger partial charge in [0.15, 0.2) is 0 Å². The van der Waals surface area contributed by atoms with E-state index in [2.05, 4.69) is 152 Å². The molecule has 8 atom stereocenters. The van der Waals surface area contributed by atoms with E-state index in [1.807, 2.05) is 44.2 Å². The molecule has 12 heteroatoms. The summed E-state index contributed by atoms with van der Waals surface area (Å²) in [5.74, 6) is 3.89. The predicted molar refractivity (Wildman–Crippen MR) is 374 cm³/mol. The Kier molecular flexibility index (Phi) is 91.2. The molecule has 3 rings (SSSR count). The average molecular weight is 1240 g/mol. The van der Waals surface area contributed by atoms with Gasteiger partial charge in [-0.05, 0) is 141 Å². The number of aryl methyl sites for hydroxylation is 2. The van der Waals surface area contributed by atoms with Crippen molar-refractivity contribution in [2.45, 2.75) is 240 Å². The molecular formula is C75H146O12. The monoisotopic (exact) mass is 1240 g/mol. The van der Waals surface area contributed by atoms with Crippen molar-refractivity contribution in [2.75, 3.05) is 85.9 Å². The quantitative estimate of drug-likeness (QED) is 0.0249. The third-order valence-corrected chi connectivity index (χ3v) is 13.9. The Morgan fingerprint density at radius 3 is 1.13 bits per heavy atom. The highest BCUT2D eigenvalue weighted by atomic mass is 16.5. The summed E-state index contributed by atoms with van der Waals surface area (Å²) < 4.78 is 10.0. The van der Waals surface area contributed by atoms with E-state index >= 15 is 0 Å². The van der Waals surface area contributed by atoms with Crippen LogP contribution in [0.4, 0.5) is 0 Å². The summed E-state index contributed by atoms with van der Waals surface area (Å²) in [4.78, 5) is 0. The van der Waals surface area contributed by atoms with E-state index in [4.69, 9.17) is 60.5 Å². The second kappa shape index (κ2) is 81.2. The number of aliphatic hydroxyl groups excluding tert-OH is 10. The summed E-state index contributed by atoms with van der Waals surface area (Å²) in [6.45, 7) is 41.2. The number of benzene rings is 3. The third-order valence-electron chi connectivity index (χ3n) is 13.9. The first kappa shape index (κ1) is 97.8. The first-order valence-electron chi connectivity index (χ1n) is 34.1. The molecule has 0 spiro atoms. The maximum atomic E-state index is 8.89. The van der Waals surface area contributed by atoms with Crippen molar-refractivity contribution in [3.63, 3.8) is 0 Å². The molecule has 0 saturated carbocycles. The van der Waals surface area contributed by atoms with Gasteiger partial charge in [-0.15, -0.1) is 0 Å². The van der Waals surface area contributed by atoms with Gasteiger partial charge in [0.1, 0.15) is 0 Å². The number of aliphatic hydroxyl groups is 10. The van der Waals surface area contributed by atoms with Crippen molar-refractivity contribution < 1.29 is 60.5 Å². The predicted octanol–water partition coefficient (Wildman–Crippen LogP) is 15.5. The Labute approximate surface area is 538 Å². The van der Waals surface area contributed by atoms with E-state index in [0.717, 1.165) is 83.0 Å². The number of unbranched alkanes of at least 4 members (excludes halogenated alkanes) is 3. The maximum Gasteiger partial charge on any atom is 0.0697 e. The van der Waals surface area contributed by atoms with Gasteiger partial charge >= 0.3 is 0 Å². The van der Waals surface area contributed by atoms with Crippen molar-refractivity contribution in [1.29, 1.82) is 0 Å². The summed E-state index contributed by atoms with van der Waals surface area (Å²) in [5.41, 5.74) is 6.25. The first-order valence-corrected chi connectivity index (χ1v) is 34.1. The van der Waals surface area contributed by atoms with Gasteiger partial charge in [0.25, 0.3) is 0 Å². The minimum Gasteiger partial charge on any atom is -0.396 e. The molecule has 8 unspecified atom stereocenters. The lowest BCUT2D eigenvalue weighted by Gasteiger charge is -2.13. The topological polar surface area (TPSA) is 221 Å². The average Bonchev–Trinajstić information content (AvgIpc) is 3.57. The van der Waals surface area contributed by atoms with Crippen LogP contribution in [0.5, 0.6) is 0 Å². The van der Waals surface area contributed by atoms with Crippen molar-refractivity contribution in [2.24, 2.45) is 47.3 Å². The normalized spacial score (nSPS) is 12.8. The van der Waals surface area contributed by atoms with Crippen LogP contribution in [0, 0.1) is 54.3 Å². The number of hydrogen-bond donors (Lipinski definition) is 10. The number of hydrogen-bond acceptors (Lipinski definition) is 12. The molecule has 3 aromatic carbocycles. The fraction of sp³-hybridized carbons (Fsp3) is 0.760. The zero-order valence-electron chi connectivity index (χ0n) is 59.5. The van der Waals surface area contributed by atoms with E-state index in [9.17, 15) is 0 Å². The largest absolute Gasteiger partial charge is 0.396 e. The zero-order chi connectivity index (χ0) is 67.7. The van der Waals surface area contributed by atoms with E-state index in [1.54, 1.807) is 0 Å². The minimum absolute atomic E-state index is 0.143. The minimum atomic E-state index is 0.143. The summed E-state index contributed by atoms with van der Waals surface area (Å²) >= 11 is 0. The first-order chi connectivity index (χ1) is 41.7. The molecule has 10 N–H and O–H groups in total. The van der Waals surface area contributed by atoms with E-state index in [-0.39, 0.29) is 33.0 Å². The van der Waals surface area contributed by atoms with Crippen LogP contribution in [0.1, 0.15) is 235 Å². The molecular weight excluding hydrogens is 1090 g/mol. The molecule has 0 aliphatic carbocycles. The van der Waals surface area contributed by atoms with Crippen molar-refractivity contribution in [3.8, 4) is 0 Å². The molecule has 0 saturated heterocycles. The molecule has 0 heterocycles.